The molecule has 0 radical (unpaired) electrons. The topological polar surface area (TPSA) is 48.0 Å². The molecule has 0 saturated carbocycles. The summed E-state index contributed by atoms with van der Waals surface area (Å²) in [6, 6.07) is 12.1. The summed E-state index contributed by atoms with van der Waals surface area (Å²) in [6.07, 6.45) is 0. The molecular formula is C16H20N2O. The highest BCUT2D eigenvalue weighted by Gasteiger charge is 2.07. The lowest BCUT2D eigenvalue weighted by atomic mass is 10.0. The highest BCUT2D eigenvalue weighted by molar-refractivity contribution is 5.60. The Kier molecular flexibility index (Phi) is 3.86. The van der Waals surface area contributed by atoms with Crippen molar-refractivity contribution in [1.82, 2.24) is 4.57 Å². The predicted octanol–water partition coefficient (Wildman–Crippen LogP) is 2.63. The first-order chi connectivity index (χ1) is 9.04. The van der Waals surface area contributed by atoms with Crippen LogP contribution in [0.4, 0.5) is 0 Å². The van der Waals surface area contributed by atoms with E-state index in [0.29, 0.717) is 11.5 Å². The Labute approximate surface area is 113 Å². The van der Waals surface area contributed by atoms with Gasteiger partial charge < -0.3 is 10.3 Å². The predicted molar refractivity (Wildman–Crippen MR) is 79.1 cm³/mol. The second-order valence-corrected chi connectivity index (χ2v) is 5.09. The van der Waals surface area contributed by atoms with E-state index in [9.17, 15) is 4.79 Å². The molecule has 3 heteroatoms. The summed E-state index contributed by atoms with van der Waals surface area (Å²) in [7, 11) is 1.78. The standard InChI is InChI=1S/C16H20N2O/c1-11(2)12-4-6-13(7-5-12)15-9-8-14(10-17)16(19)18(15)3/h4-9,11H,10,17H2,1-3H3. The van der Waals surface area contributed by atoms with Crippen molar-refractivity contribution in [2.45, 2.75) is 26.3 Å². The second kappa shape index (κ2) is 5.41. The van der Waals surface area contributed by atoms with Crippen molar-refractivity contribution < 1.29 is 0 Å². The van der Waals surface area contributed by atoms with E-state index in [4.69, 9.17) is 5.73 Å². The molecule has 2 aromatic rings. The maximum absolute atomic E-state index is 12.1. The Hall–Kier alpha value is -1.87. The van der Waals surface area contributed by atoms with Crippen LogP contribution in [-0.4, -0.2) is 4.57 Å². The van der Waals surface area contributed by atoms with Gasteiger partial charge in [0.1, 0.15) is 0 Å². The smallest absolute Gasteiger partial charge is 0.255 e. The van der Waals surface area contributed by atoms with Gasteiger partial charge in [-0.05, 0) is 23.1 Å². The number of pyridine rings is 1. The first kappa shape index (κ1) is 13.6. The van der Waals surface area contributed by atoms with E-state index in [1.807, 2.05) is 12.1 Å². The average Bonchev–Trinajstić information content (AvgIpc) is 2.42. The van der Waals surface area contributed by atoms with Crippen molar-refractivity contribution in [3.63, 3.8) is 0 Å². The number of aromatic nitrogens is 1. The Morgan fingerprint density at radius 1 is 1.11 bits per heavy atom. The third-order valence-electron chi connectivity index (χ3n) is 3.48. The van der Waals surface area contributed by atoms with Gasteiger partial charge >= 0.3 is 0 Å². The van der Waals surface area contributed by atoms with E-state index >= 15 is 0 Å². The minimum absolute atomic E-state index is 0.0204. The summed E-state index contributed by atoms with van der Waals surface area (Å²) < 4.78 is 1.66. The van der Waals surface area contributed by atoms with Crippen LogP contribution in [0.15, 0.2) is 41.2 Å². The number of hydrogen-bond acceptors (Lipinski definition) is 2. The highest BCUT2D eigenvalue weighted by atomic mass is 16.1. The van der Waals surface area contributed by atoms with E-state index in [1.54, 1.807) is 11.6 Å². The third-order valence-corrected chi connectivity index (χ3v) is 3.48. The van der Waals surface area contributed by atoms with E-state index in [2.05, 4.69) is 38.1 Å². The lowest BCUT2D eigenvalue weighted by molar-refractivity contribution is 0.838. The first-order valence-corrected chi connectivity index (χ1v) is 6.54. The number of nitrogens with zero attached hydrogens (tertiary/aromatic N) is 1. The van der Waals surface area contributed by atoms with Gasteiger partial charge in [-0.3, -0.25) is 4.79 Å². The molecule has 2 rings (SSSR count). The highest BCUT2D eigenvalue weighted by Crippen LogP contribution is 2.21. The van der Waals surface area contributed by atoms with Crippen LogP contribution in [0.3, 0.4) is 0 Å². The fraction of sp³-hybridized carbons (Fsp3) is 0.312. The SMILES string of the molecule is CC(C)c1ccc(-c2ccc(CN)c(=O)n2C)cc1. The van der Waals surface area contributed by atoms with Gasteiger partial charge in [0.2, 0.25) is 0 Å². The molecule has 0 aliphatic carbocycles. The molecule has 0 spiro atoms. The number of benzene rings is 1. The molecule has 0 unspecified atom stereocenters. The molecular weight excluding hydrogens is 236 g/mol. The van der Waals surface area contributed by atoms with Gasteiger partial charge in [-0.15, -0.1) is 0 Å². The summed E-state index contributed by atoms with van der Waals surface area (Å²) in [4.78, 5) is 12.1. The first-order valence-electron chi connectivity index (χ1n) is 6.54. The third kappa shape index (κ3) is 2.61. The Morgan fingerprint density at radius 3 is 2.26 bits per heavy atom. The van der Waals surface area contributed by atoms with Gasteiger partial charge in [-0.1, -0.05) is 44.2 Å². The fourth-order valence-corrected chi connectivity index (χ4v) is 2.17. The van der Waals surface area contributed by atoms with Gasteiger partial charge in [0.05, 0.1) is 5.69 Å². The average molecular weight is 256 g/mol. The van der Waals surface area contributed by atoms with Crippen LogP contribution in [0.1, 0.15) is 30.9 Å². The van der Waals surface area contributed by atoms with Crippen LogP contribution < -0.4 is 11.3 Å². The number of hydrogen-bond donors (Lipinski definition) is 1. The molecule has 0 saturated heterocycles. The van der Waals surface area contributed by atoms with E-state index in [0.717, 1.165) is 11.3 Å². The van der Waals surface area contributed by atoms with Gasteiger partial charge in [-0.25, -0.2) is 0 Å². The van der Waals surface area contributed by atoms with Crippen LogP contribution >= 0.6 is 0 Å². The molecule has 0 atom stereocenters. The summed E-state index contributed by atoms with van der Waals surface area (Å²) in [5.41, 5.74) is 9.43. The lowest BCUT2D eigenvalue weighted by Crippen LogP contribution is -2.23. The van der Waals surface area contributed by atoms with E-state index < -0.39 is 0 Å². The van der Waals surface area contributed by atoms with Crippen molar-refractivity contribution in [2.24, 2.45) is 12.8 Å². The molecule has 0 fully saturated rings. The van der Waals surface area contributed by atoms with Crippen LogP contribution in [0.5, 0.6) is 0 Å². The molecule has 1 heterocycles. The normalized spacial score (nSPS) is 11.0. The van der Waals surface area contributed by atoms with Crippen molar-refractivity contribution in [3.05, 3.63) is 57.9 Å². The summed E-state index contributed by atoms with van der Waals surface area (Å²) in [5, 5.41) is 0. The van der Waals surface area contributed by atoms with Crippen molar-refractivity contribution in [3.8, 4) is 11.3 Å². The molecule has 1 aromatic heterocycles. The molecule has 3 nitrogen and oxygen atoms in total. The minimum atomic E-state index is -0.0204. The van der Waals surface area contributed by atoms with E-state index in [1.165, 1.54) is 5.56 Å². The van der Waals surface area contributed by atoms with Crippen LogP contribution in [-0.2, 0) is 13.6 Å². The maximum atomic E-state index is 12.1. The molecule has 0 bridgehead atoms. The minimum Gasteiger partial charge on any atom is -0.326 e. The fourth-order valence-electron chi connectivity index (χ4n) is 2.17. The van der Waals surface area contributed by atoms with Crippen molar-refractivity contribution in [1.29, 1.82) is 0 Å². The zero-order valence-electron chi connectivity index (χ0n) is 11.7. The van der Waals surface area contributed by atoms with Gasteiger partial charge in [0.25, 0.3) is 5.56 Å². The molecule has 2 N–H and O–H groups in total. The zero-order valence-corrected chi connectivity index (χ0v) is 11.7. The second-order valence-electron chi connectivity index (χ2n) is 5.09. The van der Waals surface area contributed by atoms with E-state index in [-0.39, 0.29) is 12.1 Å². The quantitative estimate of drug-likeness (QED) is 0.917. The monoisotopic (exact) mass is 256 g/mol. The van der Waals surface area contributed by atoms with Crippen molar-refractivity contribution in [2.75, 3.05) is 0 Å². The molecule has 1 aromatic carbocycles. The lowest BCUT2D eigenvalue weighted by Gasteiger charge is -2.11. The molecule has 0 aliphatic heterocycles. The molecule has 19 heavy (non-hydrogen) atoms. The Morgan fingerprint density at radius 2 is 1.74 bits per heavy atom. The molecule has 0 amide bonds. The summed E-state index contributed by atoms with van der Waals surface area (Å²) in [5.74, 6) is 0.512. The largest absolute Gasteiger partial charge is 0.326 e. The zero-order chi connectivity index (χ0) is 14.0. The molecule has 100 valence electrons. The van der Waals surface area contributed by atoms with Gasteiger partial charge in [-0.2, -0.15) is 0 Å². The van der Waals surface area contributed by atoms with Crippen LogP contribution in [0, 0.1) is 0 Å². The summed E-state index contributed by atoms with van der Waals surface area (Å²) >= 11 is 0. The number of nitrogens with two attached hydrogens (primary N) is 1. The summed E-state index contributed by atoms with van der Waals surface area (Å²) in [6.45, 7) is 4.61. The maximum Gasteiger partial charge on any atom is 0.255 e. The number of rotatable bonds is 3. The Balaban J connectivity index is 2.48. The Bertz CT molecular complexity index is 624. The van der Waals surface area contributed by atoms with Crippen molar-refractivity contribution >= 4 is 0 Å². The van der Waals surface area contributed by atoms with Gasteiger partial charge in [0.15, 0.2) is 0 Å². The van der Waals surface area contributed by atoms with Crippen LogP contribution in [0.25, 0.3) is 11.3 Å². The molecule has 0 aliphatic rings. The van der Waals surface area contributed by atoms with Gasteiger partial charge in [0, 0.05) is 19.2 Å². The van der Waals surface area contributed by atoms with Crippen LogP contribution in [0.2, 0.25) is 0 Å².